The lowest BCUT2D eigenvalue weighted by molar-refractivity contribution is -0.146. The molecule has 0 aliphatic heterocycles. The molecule has 0 aliphatic rings. The molecule has 2 aromatic rings. The Balaban J connectivity index is 1.92. The fraction of sp³-hybridized carbons (Fsp3) is 0.467. The smallest absolute Gasteiger partial charge is 0.344 e. The van der Waals surface area contributed by atoms with Gasteiger partial charge in [0.15, 0.2) is 13.2 Å². The van der Waals surface area contributed by atoms with E-state index in [9.17, 15) is 9.59 Å². The molecule has 0 heterocycles. The second-order valence-corrected chi connectivity index (χ2v) is 9.37. The van der Waals surface area contributed by atoms with Gasteiger partial charge in [0.1, 0.15) is 24.7 Å². The van der Waals surface area contributed by atoms with Crippen LogP contribution >= 0.6 is 23.2 Å². The van der Waals surface area contributed by atoms with Crippen LogP contribution in [-0.4, -0.2) is 76.3 Å². The molecule has 2 aromatic carbocycles. The van der Waals surface area contributed by atoms with Crippen molar-refractivity contribution in [3.8, 4) is 11.5 Å². The quantitative estimate of drug-likeness (QED) is 0.0965. The molecule has 0 aromatic heterocycles. The van der Waals surface area contributed by atoms with Crippen LogP contribution in [0.1, 0.15) is 37.8 Å². The summed E-state index contributed by atoms with van der Waals surface area (Å²) in [6.45, 7) is 6.95. The molecule has 0 spiro atoms. The summed E-state index contributed by atoms with van der Waals surface area (Å²) in [4.78, 5) is 23.8. The third kappa shape index (κ3) is 12.6. The van der Waals surface area contributed by atoms with Gasteiger partial charge in [0.2, 0.25) is 0 Å². The maximum Gasteiger partial charge on any atom is 0.344 e. The largest absolute Gasteiger partial charge is 0.482 e. The summed E-state index contributed by atoms with van der Waals surface area (Å²) in [6, 6.07) is 15.4. The van der Waals surface area contributed by atoms with Crippen molar-refractivity contribution in [3.05, 3.63) is 59.7 Å². The zero-order valence-electron chi connectivity index (χ0n) is 23.3. The van der Waals surface area contributed by atoms with Crippen LogP contribution in [-0.2, 0) is 19.1 Å². The van der Waals surface area contributed by atoms with Crippen LogP contribution in [0.15, 0.2) is 48.5 Å². The van der Waals surface area contributed by atoms with Crippen molar-refractivity contribution in [2.24, 2.45) is 0 Å². The van der Waals surface area contributed by atoms with Crippen molar-refractivity contribution >= 4 is 46.3 Å². The molecule has 0 saturated carbocycles. The Morgan fingerprint density at radius 2 is 1.00 bits per heavy atom. The summed E-state index contributed by atoms with van der Waals surface area (Å²) >= 11 is 11.2. The minimum absolute atomic E-state index is 0.149. The molecule has 0 bridgehead atoms. The second kappa shape index (κ2) is 20.2. The summed E-state index contributed by atoms with van der Waals surface area (Å²) in [7, 11) is 0. The Bertz CT molecular complexity index is 962. The number of ether oxygens (including phenoxy) is 4. The molecule has 0 saturated heterocycles. The average Bonchev–Trinajstić information content (AvgIpc) is 2.98. The van der Waals surface area contributed by atoms with Gasteiger partial charge in [0.25, 0.3) is 0 Å². The number of nitrogens with one attached hydrogen (secondary N) is 2. The average molecular weight is 596 g/mol. The van der Waals surface area contributed by atoms with Gasteiger partial charge in [-0.15, -0.1) is 23.2 Å². The number of esters is 2. The van der Waals surface area contributed by atoms with E-state index >= 15 is 0 Å². The van der Waals surface area contributed by atoms with Crippen molar-refractivity contribution in [1.29, 1.82) is 0 Å². The van der Waals surface area contributed by atoms with E-state index in [-0.39, 0.29) is 26.4 Å². The fourth-order valence-corrected chi connectivity index (χ4v) is 4.18. The number of rotatable bonds is 20. The SMILES string of the molecule is CC/C(=C(\CC)c1ccc(OCC(=O)OCCNCCCl)cc1)c1ccc(OCC(=O)OCCNCCCl)cc1. The molecule has 220 valence electrons. The highest BCUT2D eigenvalue weighted by Crippen LogP contribution is 2.33. The van der Waals surface area contributed by atoms with E-state index in [1.807, 2.05) is 48.5 Å². The number of carbonyl (C=O) groups is 2. The van der Waals surface area contributed by atoms with Gasteiger partial charge in [-0.25, -0.2) is 9.59 Å². The molecule has 0 fully saturated rings. The van der Waals surface area contributed by atoms with E-state index in [2.05, 4.69) is 24.5 Å². The lowest BCUT2D eigenvalue weighted by Gasteiger charge is -2.15. The van der Waals surface area contributed by atoms with Crippen LogP contribution in [0.3, 0.4) is 0 Å². The standard InChI is InChI=1S/C30H40Cl2N2O6/c1-3-27(23-5-9-25(10-6-23)39-21-29(35)37-19-17-33-15-13-31)28(4-2)24-7-11-26(12-8-24)40-22-30(36)38-20-18-34-16-14-32/h5-12,33-34H,3-4,13-22H2,1-2H3/b28-27-. The third-order valence-electron chi connectivity index (χ3n) is 5.82. The molecule has 0 unspecified atom stereocenters. The minimum atomic E-state index is -0.418. The van der Waals surface area contributed by atoms with Crippen molar-refractivity contribution in [3.63, 3.8) is 0 Å². The maximum atomic E-state index is 11.9. The number of hydrogen-bond acceptors (Lipinski definition) is 8. The first-order valence-electron chi connectivity index (χ1n) is 13.5. The van der Waals surface area contributed by atoms with Gasteiger partial charge < -0.3 is 29.6 Å². The first kappa shape index (κ1) is 33.4. The Labute approximate surface area is 247 Å². The molecule has 2 rings (SSSR count). The topological polar surface area (TPSA) is 95.1 Å². The lowest BCUT2D eigenvalue weighted by Crippen LogP contribution is -2.24. The van der Waals surface area contributed by atoms with Gasteiger partial charge in [-0.1, -0.05) is 38.1 Å². The van der Waals surface area contributed by atoms with Gasteiger partial charge in [0.05, 0.1) is 0 Å². The number of halogens is 2. The highest BCUT2D eigenvalue weighted by molar-refractivity contribution is 6.18. The predicted molar refractivity (Wildman–Crippen MR) is 160 cm³/mol. The van der Waals surface area contributed by atoms with Crippen LogP contribution in [0.5, 0.6) is 11.5 Å². The number of allylic oxidation sites excluding steroid dienone is 2. The Hall–Kier alpha value is -2.78. The molecule has 0 aliphatic carbocycles. The van der Waals surface area contributed by atoms with Crippen LogP contribution in [0, 0.1) is 0 Å². The van der Waals surface area contributed by atoms with E-state index in [0.717, 1.165) is 24.0 Å². The maximum absolute atomic E-state index is 11.9. The van der Waals surface area contributed by atoms with E-state index in [1.165, 1.54) is 11.1 Å². The number of carbonyl (C=O) groups excluding carboxylic acids is 2. The molecule has 0 radical (unpaired) electrons. The molecular formula is C30H40Cl2N2O6. The van der Waals surface area contributed by atoms with Crippen molar-refractivity contribution in [2.75, 3.05) is 64.4 Å². The molecule has 0 atom stereocenters. The van der Waals surface area contributed by atoms with Crippen molar-refractivity contribution < 1.29 is 28.5 Å². The van der Waals surface area contributed by atoms with E-state index < -0.39 is 11.9 Å². The summed E-state index contributed by atoms with van der Waals surface area (Å²) in [5.74, 6) is 1.38. The fourth-order valence-electron chi connectivity index (χ4n) is 3.91. The van der Waals surface area contributed by atoms with Crippen LogP contribution < -0.4 is 20.1 Å². The van der Waals surface area contributed by atoms with Crippen LogP contribution in [0.4, 0.5) is 0 Å². The molecule has 40 heavy (non-hydrogen) atoms. The van der Waals surface area contributed by atoms with Crippen LogP contribution in [0.25, 0.3) is 11.1 Å². The Morgan fingerprint density at radius 3 is 1.32 bits per heavy atom. The van der Waals surface area contributed by atoms with Gasteiger partial charge in [0, 0.05) is 37.9 Å². The van der Waals surface area contributed by atoms with Gasteiger partial charge >= 0.3 is 11.9 Å². The van der Waals surface area contributed by atoms with Crippen LogP contribution in [0.2, 0.25) is 0 Å². The molecule has 2 N–H and O–H groups in total. The second-order valence-electron chi connectivity index (χ2n) is 8.61. The Morgan fingerprint density at radius 1 is 0.625 bits per heavy atom. The number of benzene rings is 2. The normalized spacial score (nSPS) is 11.5. The molecular weight excluding hydrogens is 555 g/mol. The van der Waals surface area contributed by atoms with E-state index in [0.29, 0.717) is 49.4 Å². The zero-order valence-corrected chi connectivity index (χ0v) is 24.8. The third-order valence-corrected chi connectivity index (χ3v) is 6.19. The predicted octanol–water partition coefficient (Wildman–Crippen LogP) is 4.92. The molecule has 10 heteroatoms. The molecule has 8 nitrogen and oxygen atoms in total. The number of alkyl halides is 2. The van der Waals surface area contributed by atoms with E-state index in [1.54, 1.807) is 0 Å². The minimum Gasteiger partial charge on any atom is -0.482 e. The van der Waals surface area contributed by atoms with Gasteiger partial charge in [-0.3, -0.25) is 0 Å². The highest BCUT2D eigenvalue weighted by Gasteiger charge is 2.11. The lowest BCUT2D eigenvalue weighted by atomic mass is 9.91. The summed E-state index contributed by atoms with van der Waals surface area (Å²) in [5.41, 5.74) is 4.61. The molecule has 0 amide bonds. The first-order valence-corrected chi connectivity index (χ1v) is 14.6. The van der Waals surface area contributed by atoms with Gasteiger partial charge in [-0.2, -0.15) is 0 Å². The number of hydrogen-bond donors (Lipinski definition) is 2. The van der Waals surface area contributed by atoms with E-state index in [4.69, 9.17) is 42.1 Å². The monoisotopic (exact) mass is 594 g/mol. The zero-order chi connectivity index (χ0) is 29.0. The van der Waals surface area contributed by atoms with Crippen molar-refractivity contribution in [1.82, 2.24) is 10.6 Å². The van der Waals surface area contributed by atoms with Gasteiger partial charge in [-0.05, 0) is 59.4 Å². The summed E-state index contributed by atoms with van der Waals surface area (Å²) < 4.78 is 21.4. The van der Waals surface area contributed by atoms with Crippen molar-refractivity contribution in [2.45, 2.75) is 26.7 Å². The Kier molecular flexibility index (Phi) is 16.8. The first-order chi connectivity index (χ1) is 19.5. The summed E-state index contributed by atoms with van der Waals surface area (Å²) in [6.07, 6.45) is 1.69. The summed E-state index contributed by atoms with van der Waals surface area (Å²) in [5, 5.41) is 6.11. The highest BCUT2D eigenvalue weighted by atomic mass is 35.5.